The van der Waals surface area contributed by atoms with Gasteiger partial charge in [0.2, 0.25) is 0 Å². The van der Waals surface area contributed by atoms with E-state index in [0.717, 1.165) is 12.4 Å². The van der Waals surface area contributed by atoms with Gasteiger partial charge in [0.1, 0.15) is 5.75 Å². The summed E-state index contributed by atoms with van der Waals surface area (Å²) in [6, 6.07) is 6.49. The molecule has 15 heavy (non-hydrogen) atoms. The number of hydrogen-bond donors (Lipinski definition) is 0. The van der Waals surface area contributed by atoms with E-state index in [4.69, 9.17) is 4.74 Å². The van der Waals surface area contributed by atoms with Crippen LogP contribution in [0.25, 0.3) is 0 Å². The second-order valence-corrected chi connectivity index (χ2v) is 5.46. The van der Waals surface area contributed by atoms with Gasteiger partial charge in [0, 0.05) is 4.90 Å². The van der Waals surface area contributed by atoms with Crippen LogP contribution in [-0.4, -0.2) is 12.9 Å². The van der Waals surface area contributed by atoms with Crippen molar-refractivity contribution >= 4 is 11.8 Å². The van der Waals surface area contributed by atoms with Gasteiger partial charge in [0.25, 0.3) is 0 Å². The molecule has 0 aliphatic heterocycles. The van der Waals surface area contributed by atoms with Crippen molar-refractivity contribution in [2.75, 3.05) is 12.9 Å². The zero-order chi connectivity index (χ0) is 11.5. The highest BCUT2D eigenvalue weighted by Gasteiger charge is 2.15. The third-order valence-electron chi connectivity index (χ3n) is 2.29. The second kappa shape index (κ2) is 4.93. The monoisotopic (exact) mass is 224 g/mol. The molecule has 0 radical (unpaired) electrons. The molecule has 0 amide bonds. The van der Waals surface area contributed by atoms with Gasteiger partial charge < -0.3 is 4.74 Å². The highest BCUT2D eigenvalue weighted by atomic mass is 32.2. The summed E-state index contributed by atoms with van der Waals surface area (Å²) in [7, 11) is 0. The Morgan fingerprint density at radius 1 is 1.20 bits per heavy atom. The molecule has 0 aromatic heterocycles. The van der Waals surface area contributed by atoms with Crippen molar-refractivity contribution in [3.63, 3.8) is 0 Å². The molecule has 0 aliphatic rings. The summed E-state index contributed by atoms with van der Waals surface area (Å²) in [5.41, 5.74) is 1.51. The van der Waals surface area contributed by atoms with Crippen LogP contribution < -0.4 is 4.74 Å². The second-order valence-electron chi connectivity index (χ2n) is 4.58. The summed E-state index contributed by atoms with van der Waals surface area (Å²) in [5, 5.41) is 0. The molecule has 0 heterocycles. The summed E-state index contributed by atoms with van der Waals surface area (Å²) in [5.74, 6) is 0.981. The average molecular weight is 224 g/mol. The first-order valence-corrected chi connectivity index (χ1v) is 6.52. The van der Waals surface area contributed by atoms with Gasteiger partial charge >= 0.3 is 0 Å². The lowest BCUT2D eigenvalue weighted by Crippen LogP contribution is -2.11. The van der Waals surface area contributed by atoms with Crippen LogP contribution in [-0.2, 0) is 5.41 Å². The molecule has 0 saturated heterocycles. The highest BCUT2D eigenvalue weighted by Crippen LogP contribution is 2.30. The summed E-state index contributed by atoms with van der Waals surface area (Å²) < 4.78 is 5.57. The average Bonchev–Trinajstić information content (AvgIpc) is 2.16. The van der Waals surface area contributed by atoms with Gasteiger partial charge in [-0.25, -0.2) is 0 Å². The van der Waals surface area contributed by atoms with E-state index in [9.17, 15) is 0 Å². The lowest BCUT2D eigenvalue weighted by molar-refractivity contribution is 0.338. The molecule has 1 aromatic carbocycles. The van der Waals surface area contributed by atoms with Gasteiger partial charge in [-0.05, 0) is 42.4 Å². The van der Waals surface area contributed by atoms with Gasteiger partial charge in [-0.2, -0.15) is 0 Å². The number of rotatable bonds is 3. The summed E-state index contributed by atoms with van der Waals surface area (Å²) >= 11 is 1.76. The molecule has 84 valence electrons. The van der Waals surface area contributed by atoms with E-state index in [-0.39, 0.29) is 5.41 Å². The molecule has 0 bridgehead atoms. The van der Waals surface area contributed by atoms with Crippen molar-refractivity contribution < 1.29 is 4.74 Å². The predicted octanol–water partition coefficient (Wildman–Crippen LogP) is 4.10. The fourth-order valence-electron chi connectivity index (χ4n) is 1.37. The summed E-state index contributed by atoms with van der Waals surface area (Å²) in [6.07, 6.45) is 2.09. The molecular formula is C13H20OS. The SMILES string of the molecule is CCOc1cc(SC)cc(C(C)(C)C)c1. The molecule has 1 aromatic rings. The van der Waals surface area contributed by atoms with Crippen LogP contribution in [0, 0.1) is 0 Å². The first-order chi connectivity index (χ1) is 6.97. The minimum atomic E-state index is 0.178. The number of thioether (sulfide) groups is 1. The molecule has 0 saturated carbocycles. The minimum absolute atomic E-state index is 0.178. The van der Waals surface area contributed by atoms with E-state index in [1.807, 2.05) is 6.92 Å². The van der Waals surface area contributed by atoms with Crippen molar-refractivity contribution in [3.8, 4) is 5.75 Å². The molecule has 1 nitrogen and oxygen atoms in total. The molecular weight excluding hydrogens is 204 g/mol. The first kappa shape index (κ1) is 12.4. The smallest absolute Gasteiger partial charge is 0.120 e. The Kier molecular flexibility index (Phi) is 4.09. The Morgan fingerprint density at radius 3 is 2.33 bits per heavy atom. The fraction of sp³-hybridized carbons (Fsp3) is 0.538. The Balaban J connectivity index is 3.11. The van der Waals surface area contributed by atoms with Gasteiger partial charge in [-0.3, -0.25) is 0 Å². The zero-order valence-electron chi connectivity index (χ0n) is 10.3. The molecule has 1 rings (SSSR count). The van der Waals surface area contributed by atoms with Crippen molar-refractivity contribution in [1.29, 1.82) is 0 Å². The lowest BCUT2D eigenvalue weighted by Gasteiger charge is -2.21. The number of benzene rings is 1. The van der Waals surface area contributed by atoms with Crippen LogP contribution in [0.5, 0.6) is 5.75 Å². The molecule has 0 aliphatic carbocycles. The first-order valence-electron chi connectivity index (χ1n) is 5.29. The molecule has 0 N–H and O–H groups in total. The summed E-state index contributed by atoms with van der Waals surface area (Å²) in [6.45, 7) is 9.41. The van der Waals surface area contributed by atoms with Crippen molar-refractivity contribution in [2.24, 2.45) is 0 Å². The van der Waals surface area contributed by atoms with E-state index in [1.165, 1.54) is 10.5 Å². The zero-order valence-corrected chi connectivity index (χ0v) is 11.1. The number of hydrogen-bond acceptors (Lipinski definition) is 2. The quantitative estimate of drug-likeness (QED) is 0.715. The van der Waals surface area contributed by atoms with Gasteiger partial charge in [-0.15, -0.1) is 11.8 Å². The van der Waals surface area contributed by atoms with Crippen molar-refractivity contribution in [1.82, 2.24) is 0 Å². The maximum atomic E-state index is 5.57. The van der Waals surface area contributed by atoms with E-state index in [0.29, 0.717) is 0 Å². The van der Waals surface area contributed by atoms with E-state index >= 15 is 0 Å². The van der Waals surface area contributed by atoms with E-state index in [1.54, 1.807) is 11.8 Å². The lowest BCUT2D eigenvalue weighted by atomic mass is 9.87. The third-order valence-corrected chi connectivity index (χ3v) is 3.00. The topological polar surface area (TPSA) is 9.23 Å². The predicted molar refractivity (Wildman–Crippen MR) is 68.1 cm³/mol. The molecule has 0 spiro atoms. The van der Waals surface area contributed by atoms with Crippen LogP contribution in [0.3, 0.4) is 0 Å². The van der Waals surface area contributed by atoms with E-state index < -0.39 is 0 Å². The van der Waals surface area contributed by atoms with Crippen molar-refractivity contribution in [2.45, 2.75) is 38.0 Å². The maximum absolute atomic E-state index is 5.57. The van der Waals surface area contributed by atoms with Gasteiger partial charge in [0.05, 0.1) is 6.61 Å². The highest BCUT2D eigenvalue weighted by molar-refractivity contribution is 7.98. The van der Waals surface area contributed by atoms with Crippen molar-refractivity contribution in [3.05, 3.63) is 23.8 Å². The number of ether oxygens (including phenoxy) is 1. The Hall–Kier alpha value is -0.630. The van der Waals surface area contributed by atoms with E-state index in [2.05, 4.69) is 45.2 Å². The largest absolute Gasteiger partial charge is 0.494 e. The Labute approximate surface area is 97.2 Å². The maximum Gasteiger partial charge on any atom is 0.120 e. The minimum Gasteiger partial charge on any atom is -0.494 e. The van der Waals surface area contributed by atoms with Gasteiger partial charge in [-0.1, -0.05) is 20.8 Å². The van der Waals surface area contributed by atoms with Crippen LogP contribution in [0.2, 0.25) is 0 Å². The van der Waals surface area contributed by atoms with Crippen LogP contribution in [0.1, 0.15) is 33.3 Å². The van der Waals surface area contributed by atoms with Crippen LogP contribution in [0.15, 0.2) is 23.1 Å². The Morgan fingerprint density at radius 2 is 1.87 bits per heavy atom. The van der Waals surface area contributed by atoms with Gasteiger partial charge in [0.15, 0.2) is 0 Å². The molecule has 0 fully saturated rings. The molecule has 2 heteroatoms. The normalized spacial score (nSPS) is 11.5. The fourth-order valence-corrected chi connectivity index (χ4v) is 1.85. The Bertz CT molecular complexity index is 326. The summed E-state index contributed by atoms with van der Waals surface area (Å²) in [4.78, 5) is 1.27. The third kappa shape index (κ3) is 3.45. The standard InChI is InChI=1S/C13H20OS/c1-6-14-11-7-10(13(2,3)4)8-12(9-11)15-5/h7-9H,6H2,1-5H3. The molecule has 0 unspecified atom stereocenters. The van der Waals surface area contributed by atoms with Crippen LogP contribution >= 0.6 is 11.8 Å². The van der Waals surface area contributed by atoms with Crippen LogP contribution in [0.4, 0.5) is 0 Å². The molecule has 0 atom stereocenters.